The van der Waals surface area contributed by atoms with Gasteiger partial charge in [0.2, 0.25) is 5.91 Å². The average molecular weight is 297 g/mol. The van der Waals surface area contributed by atoms with Gasteiger partial charge in [0, 0.05) is 50.5 Å². The van der Waals surface area contributed by atoms with Gasteiger partial charge >= 0.3 is 0 Å². The van der Waals surface area contributed by atoms with Crippen molar-refractivity contribution in [2.45, 2.75) is 38.1 Å². The lowest BCUT2D eigenvalue weighted by Crippen LogP contribution is -2.45. The number of benzene rings is 1. The summed E-state index contributed by atoms with van der Waals surface area (Å²) in [6.07, 6.45) is 7.06. The largest absolute Gasteiger partial charge is 0.371 e. The zero-order valence-corrected chi connectivity index (χ0v) is 13.0. The number of nitrogens with zero attached hydrogens (tertiary/aromatic N) is 3. The number of rotatable bonds is 2. The summed E-state index contributed by atoms with van der Waals surface area (Å²) < 4.78 is 0. The third-order valence-corrected chi connectivity index (χ3v) is 5.26. The number of hydrogen-bond donors (Lipinski definition) is 0. The van der Waals surface area contributed by atoms with Gasteiger partial charge in [-0.25, -0.2) is 0 Å². The van der Waals surface area contributed by atoms with Crippen LogP contribution in [0.15, 0.2) is 23.2 Å². The molecule has 0 aliphatic carbocycles. The molecular formula is C18H23N3O. The van der Waals surface area contributed by atoms with Gasteiger partial charge in [0.1, 0.15) is 0 Å². The molecule has 0 unspecified atom stereocenters. The molecule has 0 aromatic heterocycles. The number of carbonyl (C=O) groups is 1. The van der Waals surface area contributed by atoms with Crippen molar-refractivity contribution in [2.24, 2.45) is 4.99 Å². The summed E-state index contributed by atoms with van der Waals surface area (Å²) in [4.78, 5) is 20.9. The Morgan fingerprint density at radius 2 is 1.95 bits per heavy atom. The fraction of sp³-hybridized carbons (Fsp3) is 0.556. The second-order valence-electron chi connectivity index (χ2n) is 6.54. The highest BCUT2D eigenvalue weighted by Gasteiger charge is 2.31. The van der Waals surface area contributed by atoms with Crippen LogP contribution in [0.25, 0.3) is 0 Å². The molecule has 2 saturated heterocycles. The summed E-state index contributed by atoms with van der Waals surface area (Å²) in [5, 5.41) is 0. The van der Waals surface area contributed by atoms with Crippen LogP contribution in [0.3, 0.4) is 0 Å². The van der Waals surface area contributed by atoms with Crippen molar-refractivity contribution in [1.82, 2.24) is 4.90 Å². The molecule has 0 radical (unpaired) electrons. The number of fused-ring (bicyclic) bond motifs is 1. The van der Waals surface area contributed by atoms with Gasteiger partial charge in [0.05, 0.1) is 0 Å². The number of amides is 1. The van der Waals surface area contributed by atoms with Gasteiger partial charge in [-0.3, -0.25) is 9.79 Å². The summed E-state index contributed by atoms with van der Waals surface area (Å²) >= 11 is 0. The molecule has 3 aliphatic rings. The van der Waals surface area contributed by atoms with Crippen molar-refractivity contribution in [1.29, 1.82) is 0 Å². The summed E-state index contributed by atoms with van der Waals surface area (Å²) in [6.45, 7) is 3.99. The van der Waals surface area contributed by atoms with Crippen LogP contribution in [0.1, 0.15) is 36.8 Å². The van der Waals surface area contributed by atoms with E-state index in [1.807, 2.05) is 6.21 Å². The lowest BCUT2D eigenvalue weighted by atomic mass is 9.97. The van der Waals surface area contributed by atoms with Crippen LogP contribution in [0.2, 0.25) is 0 Å². The Bertz CT molecular complexity index is 602. The van der Waals surface area contributed by atoms with E-state index >= 15 is 0 Å². The molecule has 116 valence electrons. The standard InChI is InChI=1S/C18H23N3O/c22-18-5-2-10-21(18)15-7-11-20(12-8-15)17-4-1-3-14-13-19-9-6-16(14)17/h1,3-4,13,15H,2,5-12H2. The van der Waals surface area contributed by atoms with Crippen molar-refractivity contribution < 1.29 is 4.79 Å². The second-order valence-corrected chi connectivity index (χ2v) is 6.54. The van der Waals surface area contributed by atoms with Gasteiger partial charge in [0.25, 0.3) is 0 Å². The van der Waals surface area contributed by atoms with E-state index in [1.54, 1.807) is 0 Å². The summed E-state index contributed by atoms with van der Waals surface area (Å²) in [5.74, 6) is 0.367. The van der Waals surface area contributed by atoms with Gasteiger partial charge < -0.3 is 9.80 Å². The van der Waals surface area contributed by atoms with Crippen LogP contribution >= 0.6 is 0 Å². The molecule has 4 nitrogen and oxygen atoms in total. The van der Waals surface area contributed by atoms with E-state index in [0.717, 1.165) is 58.3 Å². The molecule has 4 heteroatoms. The van der Waals surface area contributed by atoms with Gasteiger partial charge in [-0.05, 0) is 42.9 Å². The normalized spacial score (nSPS) is 22.3. The second kappa shape index (κ2) is 5.75. The molecule has 3 aliphatic heterocycles. The van der Waals surface area contributed by atoms with E-state index in [4.69, 9.17) is 0 Å². The predicted octanol–water partition coefficient (Wildman–Crippen LogP) is 2.25. The first-order valence-corrected chi connectivity index (χ1v) is 8.49. The molecule has 1 aromatic rings. The first-order chi connectivity index (χ1) is 10.8. The Kier molecular flexibility index (Phi) is 3.60. The fourth-order valence-electron chi connectivity index (χ4n) is 4.09. The number of hydrogen-bond acceptors (Lipinski definition) is 3. The minimum atomic E-state index is 0.367. The first-order valence-electron chi connectivity index (χ1n) is 8.49. The molecule has 22 heavy (non-hydrogen) atoms. The SMILES string of the molecule is O=C1CCCN1C1CCN(c2cccc3c2CCN=C3)CC1. The van der Waals surface area contributed by atoms with Crippen molar-refractivity contribution in [3.8, 4) is 0 Å². The van der Waals surface area contributed by atoms with Crippen LogP contribution in [-0.4, -0.2) is 49.2 Å². The molecule has 0 bridgehead atoms. The maximum atomic E-state index is 11.9. The quantitative estimate of drug-likeness (QED) is 0.839. The minimum Gasteiger partial charge on any atom is -0.371 e. The molecule has 0 spiro atoms. The Labute approximate surface area is 131 Å². The van der Waals surface area contributed by atoms with Crippen LogP contribution < -0.4 is 4.90 Å². The van der Waals surface area contributed by atoms with E-state index in [0.29, 0.717) is 11.9 Å². The number of likely N-dealkylation sites (tertiary alicyclic amines) is 1. The summed E-state index contributed by atoms with van der Waals surface area (Å²) in [5.41, 5.74) is 4.11. The van der Waals surface area contributed by atoms with Gasteiger partial charge in [-0.1, -0.05) is 12.1 Å². The van der Waals surface area contributed by atoms with E-state index < -0.39 is 0 Å². The summed E-state index contributed by atoms with van der Waals surface area (Å²) in [7, 11) is 0. The number of anilines is 1. The number of piperidine rings is 1. The van der Waals surface area contributed by atoms with Gasteiger partial charge in [-0.15, -0.1) is 0 Å². The third kappa shape index (κ3) is 2.40. The van der Waals surface area contributed by atoms with Crippen LogP contribution in [-0.2, 0) is 11.2 Å². The molecule has 0 N–H and O–H groups in total. The maximum absolute atomic E-state index is 11.9. The predicted molar refractivity (Wildman–Crippen MR) is 88.8 cm³/mol. The van der Waals surface area contributed by atoms with E-state index in [-0.39, 0.29) is 0 Å². The van der Waals surface area contributed by atoms with Crippen molar-refractivity contribution in [2.75, 3.05) is 31.1 Å². The average Bonchev–Trinajstić information content (AvgIpc) is 3.01. The molecular weight excluding hydrogens is 274 g/mol. The molecule has 4 rings (SSSR count). The zero-order chi connectivity index (χ0) is 14.9. The van der Waals surface area contributed by atoms with E-state index in [9.17, 15) is 4.79 Å². The van der Waals surface area contributed by atoms with Crippen LogP contribution in [0, 0.1) is 0 Å². The molecule has 1 aromatic carbocycles. The molecule has 0 saturated carbocycles. The van der Waals surface area contributed by atoms with Gasteiger partial charge in [0.15, 0.2) is 0 Å². The van der Waals surface area contributed by atoms with E-state index in [2.05, 4.69) is 33.0 Å². The van der Waals surface area contributed by atoms with E-state index in [1.165, 1.54) is 16.8 Å². The molecule has 0 atom stereocenters. The van der Waals surface area contributed by atoms with Crippen LogP contribution in [0.5, 0.6) is 0 Å². The smallest absolute Gasteiger partial charge is 0.222 e. The van der Waals surface area contributed by atoms with Gasteiger partial charge in [-0.2, -0.15) is 0 Å². The Morgan fingerprint density at radius 1 is 1.09 bits per heavy atom. The monoisotopic (exact) mass is 297 g/mol. The Morgan fingerprint density at radius 3 is 2.73 bits per heavy atom. The maximum Gasteiger partial charge on any atom is 0.222 e. The highest BCUT2D eigenvalue weighted by atomic mass is 16.2. The summed E-state index contributed by atoms with van der Waals surface area (Å²) in [6, 6.07) is 7.02. The Balaban J connectivity index is 1.48. The van der Waals surface area contributed by atoms with Crippen molar-refractivity contribution in [3.05, 3.63) is 29.3 Å². The molecule has 1 amide bonds. The zero-order valence-electron chi connectivity index (χ0n) is 13.0. The lowest BCUT2D eigenvalue weighted by Gasteiger charge is -2.39. The highest BCUT2D eigenvalue weighted by Crippen LogP contribution is 2.30. The third-order valence-electron chi connectivity index (χ3n) is 5.26. The fourth-order valence-corrected chi connectivity index (χ4v) is 4.09. The first kappa shape index (κ1) is 13.8. The molecule has 2 fully saturated rings. The number of carbonyl (C=O) groups excluding carboxylic acids is 1. The molecule has 3 heterocycles. The topological polar surface area (TPSA) is 35.9 Å². The van der Waals surface area contributed by atoms with Crippen LogP contribution in [0.4, 0.5) is 5.69 Å². The minimum absolute atomic E-state index is 0.367. The Hall–Kier alpha value is -1.84. The lowest BCUT2D eigenvalue weighted by molar-refractivity contribution is -0.130. The highest BCUT2D eigenvalue weighted by molar-refractivity contribution is 5.86. The van der Waals surface area contributed by atoms with Crippen molar-refractivity contribution >= 4 is 17.8 Å². The van der Waals surface area contributed by atoms with Crippen molar-refractivity contribution in [3.63, 3.8) is 0 Å². The number of aliphatic imine (C=N–C) groups is 1.